The molecule has 11 nitrogen and oxygen atoms in total. The first-order chi connectivity index (χ1) is 19.1. The predicted molar refractivity (Wildman–Crippen MR) is 142 cm³/mol. The Morgan fingerprint density at radius 2 is 1.38 bits per heavy atom. The van der Waals surface area contributed by atoms with Gasteiger partial charge in [0.05, 0.1) is 13.7 Å². The van der Waals surface area contributed by atoms with E-state index in [1.165, 1.54) is 7.11 Å². The summed E-state index contributed by atoms with van der Waals surface area (Å²) in [6, 6.07) is 18.4. The molecule has 2 atom stereocenters. The second-order valence-electron chi connectivity index (χ2n) is 10.2. The molecule has 202 valence electrons. The van der Waals surface area contributed by atoms with Gasteiger partial charge in [0.25, 0.3) is 17.7 Å². The summed E-state index contributed by atoms with van der Waals surface area (Å²) < 4.78 is 5.24. The fourth-order valence-corrected chi connectivity index (χ4v) is 5.47. The molecule has 40 heavy (non-hydrogen) atoms. The van der Waals surface area contributed by atoms with Crippen molar-refractivity contribution in [2.24, 2.45) is 0 Å². The number of carbonyl (C=O) groups excluding carboxylic acids is 5. The average Bonchev–Trinajstić information content (AvgIpc) is 3.52. The van der Waals surface area contributed by atoms with Gasteiger partial charge in [-0.25, -0.2) is 9.59 Å². The van der Waals surface area contributed by atoms with Crippen LogP contribution >= 0.6 is 0 Å². The summed E-state index contributed by atoms with van der Waals surface area (Å²) in [4.78, 5) is 64.1. The number of imide groups is 2. The lowest BCUT2D eigenvalue weighted by atomic mass is 9.87. The molecule has 0 aromatic heterocycles. The fourth-order valence-electron chi connectivity index (χ4n) is 5.47. The quantitative estimate of drug-likeness (QED) is 0.353. The minimum atomic E-state index is -1.47. The van der Waals surface area contributed by atoms with Crippen LogP contribution in [0.3, 0.4) is 0 Å². The number of hydrogen-bond donors (Lipinski definition) is 4. The molecule has 4 N–H and O–H groups in total. The van der Waals surface area contributed by atoms with Crippen LogP contribution in [0.1, 0.15) is 34.0 Å². The van der Waals surface area contributed by atoms with Crippen LogP contribution in [0.5, 0.6) is 5.75 Å². The molecule has 0 spiro atoms. The van der Waals surface area contributed by atoms with Gasteiger partial charge in [-0.15, -0.1) is 0 Å². The van der Waals surface area contributed by atoms with Gasteiger partial charge < -0.3 is 20.3 Å². The Hall–Kier alpha value is -5.19. The van der Waals surface area contributed by atoms with Gasteiger partial charge >= 0.3 is 12.1 Å². The van der Waals surface area contributed by atoms with E-state index < -0.39 is 35.0 Å². The molecule has 2 fully saturated rings. The lowest BCUT2D eigenvalue weighted by molar-refractivity contribution is -0.125. The highest BCUT2D eigenvalue weighted by molar-refractivity contribution is 6.09. The smallest absolute Gasteiger partial charge is 0.322 e. The van der Waals surface area contributed by atoms with Crippen molar-refractivity contribution < 1.29 is 28.7 Å². The topological polar surface area (TPSA) is 146 Å². The van der Waals surface area contributed by atoms with Crippen molar-refractivity contribution in [1.29, 1.82) is 0 Å². The zero-order valence-electron chi connectivity index (χ0n) is 21.7. The first-order valence-electron chi connectivity index (χ1n) is 12.6. The number of benzene rings is 3. The molecule has 0 bridgehead atoms. The average molecular weight is 540 g/mol. The van der Waals surface area contributed by atoms with Crippen molar-refractivity contribution in [3.05, 3.63) is 89.0 Å². The molecule has 3 aliphatic rings. The molecule has 0 saturated carbocycles. The number of carbonyl (C=O) groups is 5. The van der Waals surface area contributed by atoms with Gasteiger partial charge in [-0.2, -0.15) is 0 Å². The van der Waals surface area contributed by atoms with Gasteiger partial charge in [0.1, 0.15) is 11.3 Å². The number of rotatable bonds is 6. The number of ether oxygens (including phenoxy) is 1. The summed E-state index contributed by atoms with van der Waals surface area (Å²) in [6.45, 7) is 1.88. The van der Waals surface area contributed by atoms with Crippen LogP contribution in [-0.2, 0) is 27.2 Å². The summed E-state index contributed by atoms with van der Waals surface area (Å²) in [5, 5.41) is 9.96. The Balaban J connectivity index is 1.27. The van der Waals surface area contributed by atoms with Gasteiger partial charge in [0.2, 0.25) is 0 Å². The predicted octanol–water partition coefficient (Wildman–Crippen LogP) is 2.11. The van der Waals surface area contributed by atoms with Crippen molar-refractivity contribution >= 4 is 29.8 Å². The first kappa shape index (κ1) is 25.1. The number of methoxy groups -OCH3 is 1. The van der Waals surface area contributed by atoms with Crippen LogP contribution in [-0.4, -0.2) is 48.3 Å². The summed E-state index contributed by atoms with van der Waals surface area (Å²) >= 11 is 0. The number of nitrogens with one attached hydrogen (secondary N) is 4. The van der Waals surface area contributed by atoms with Gasteiger partial charge in [0, 0.05) is 12.1 Å². The molecule has 3 aliphatic heterocycles. The second kappa shape index (κ2) is 8.94. The molecule has 0 aliphatic carbocycles. The SMILES string of the molecule is COc1ccc2c(c1)C(=O)N(CC1(c3ccc(-c4ccc(C5(C)NC(=O)NC5=O)cc4)cc3)NC(=O)NC1=O)C2. The number of fused-ring (bicyclic) bond motifs is 1. The molecular formula is C29H25N5O6. The van der Waals surface area contributed by atoms with Crippen LogP contribution < -0.4 is 26.0 Å². The van der Waals surface area contributed by atoms with E-state index in [9.17, 15) is 24.0 Å². The monoisotopic (exact) mass is 539 g/mol. The zero-order valence-corrected chi connectivity index (χ0v) is 21.7. The third-order valence-electron chi connectivity index (χ3n) is 7.78. The highest BCUT2D eigenvalue weighted by Gasteiger charge is 2.50. The van der Waals surface area contributed by atoms with Crippen molar-refractivity contribution in [3.63, 3.8) is 0 Å². The Kier molecular flexibility index (Phi) is 5.61. The lowest BCUT2D eigenvalue weighted by Crippen LogP contribution is -2.52. The minimum absolute atomic E-state index is 0.0547. The van der Waals surface area contributed by atoms with Crippen molar-refractivity contribution in [1.82, 2.24) is 26.2 Å². The van der Waals surface area contributed by atoms with Gasteiger partial charge in [0.15, 0.2) is 5.54 Å². The zero-order chi connectivity index (χ0) is 28.2. The van der Waals surface area contributed by atoms with Gasteiger partial charge in [-0.05, 0) is 46.9 Å². The maximum absolute atomic E-state index is 13.2. The summed E-state index contributed by atoms with van der Waals surface area (Å²) in [5.41, 5.74) is 1.52. The van der Waals surface area contributed by atoms with E-state index in [4.69, 9.17) is 4.74 Å². The normalized spacial score (nSPS) is 23.4. The van der Waals surface area contributed by atoms with Crippen LogP contribution in [0.2, 0.25) is 0 Å². The van der Waals surface area contributed by atoms with E-state index in [0.29, 0.717) is 29.0 Å². The van der Waals surface area contributed by atoms with Crippen molar-refractivity contribution in [2.45, 2.75) is 24.5 Å². The highest BCUT2D eigenvalue weighted by Crippen LogP contribution is 2.34. The molecule has 6 rings (SSSR count). The largest absolute Gasteiger partial charge is 0.497 e. The minimum Gasteiger partial charge on any atom is -0.497 e. The molecule has 7 amide bonds. The van der Waals surface area contributed by atoms with Gasteiger partial charge in [-0.3, -0.25) is 25.0 Å². The molecule has 2 saturated heterocycles. The third kappa shape index (κ3) is 3.85. The first-order valence-corrected chi connectivity index (χ1v) is 12.6. The number of hydrogen-bond acceptors (Lipinski definition) is 6. The van der Waals surface area contributed by atoms with Crippen LogP contribution in [0.15, 0.2) is 66.7 Å². The van der Waals surface area contributed by atoms with Crippen LogP contribution in [0.4, 0.5) is 9.59 Å². The molecular weight excluding hydrogens is 514 g/mol. The maximum atomic E-state index is 13.2. The third-order valence-corrected chi connectivity index (χ3v) is 7.78. The lowest BCUT2D eigenvalue weighted by Gasteiger charge is -2.31. The van der Waals surface area contributed by atoms with Crippen molar-refractivity contribution in [2.75, 3.05) is 13.7 Å². The summed E-state index contributed by atoms with van der Waals surface area (Å²) in [6.07, 6.45) is 0. The number of amides is 7. The Bertz CT molecular complexity index is 1600. The second-order valence-corrected chi connectivity index (χ2v) is 10.2. The molecule has 3 aromatic rings. The standard InChI is InChI=1S/C29H25N5O6/c1-28(24(36)30-26(38)32-28)19-8-3-16(4-9-19)17-5-10-20(11-6-17)29(25(37)31-27(39)33-29)15-34-14-18-7-12-21(40-2)13-22(18)23(34)35/h3-13H,14-15H2,1-2H3,(H2,30,32,36,38)(H2,31,33,37,39). The Labute approximate surface area is 228 Å². The van der Waals surface area contributed by atoms with E-state index in [-0.39, 0.29) is 12.5 Å². The van der Waals surface area contributed by atoms with E-state index >= 15 is 0 Å². The Morgan fingerprint density at radius 3 is 1.93 bits per heavy atom. The highest BCUT2D eigenvalue weighted by atomic mass is 16.5. The fraction of sp³-hybridized carbons (Fsp3) is 0.207. The van der Waals surface area contributed by atoms with E-state index in [0.717, 1.165) is 16.7 Å². The van der Waals surface area contributed by atoms with E-state index in [1.54, 1.807) is 48.2 Å². The number of nitrogens with zero attached hydrogens (tertiary/aromatic N) is 1. The molecule has 11 heteroatoms. The van der Waals surface area contributed by atoms with Crippen molar-refractivity contribution in [3.8, 4) is 16.9 Å². The molecule has 2 unspecified atom stereocenters. The summed E-state index contributed by atoms with van der Waals surface area (Å²) in [7, 11) is 1.53. The number of urea groups is 2. The Morgan fingerprint density at radius 1 is 0.775 bits per heavy atom. The van der Waals surface area contributed by atoms with Crippen LogP contribution in [0.25, 0.3) is 11.1 Å². The summed E-state index contributed by atoms with van der Waals surface area (Å²) in [5.74, 6) is -0.652. The van der Waals surface area contributed by atoms with E-state index in [2.05, 4.69) is 21.3 Å². The van der Waals surface area contributed by atoms with Gasteiger partial charge in [-0.1, -0.05) is 54.6 Å². The maximum Gasteiger partial charge on any atom is 0.322 e. The molecule has 3 heterocycles. The molecule has 0 radical (unpaired) electrons. The van der Waals surface area contributed by atoms with E-state index in [1.807, 2.05) is 30.3 Å². The molecule has 3 aromatic carbocycles. The van der Waals surface area contributed by atoms with Crippen LogP contribution in [0, 0.1) is 0 Å².